The Morgan fingerprint density at radius 2 is 1.89 bits per heavy atom. The number of amides is 1. The second kappa shape index (κ2) is 7.50. The Bertz CT molecular complexity index is 1070. The molecule has 1 heterocycles. The number of fused-ring (bicyclic) bond motifs is 2. The first-order valence-electron chi connectivity index (χ1n) is 8.98. The largest absolute Gasteiger partial charge is 0.497 e. The summed E-state index contributed by atoms with van der Waals surface area (Å²) in [5.74, 6) is 1.70. The van der Waals surface area contributed by atoms with Crippen molar-refractivity contribution in [3.05, 3.63) is 72.1 Å². The third-order valence-electron chi connectivity index (χ3n) is 4.63. The van der Waals surface area contributed by atoms with Gasteiger partial charge in [-0.2, -0.15) is 0 Å². The normalized spacial score (nSPS) is 11.0. The molecule has 0 spiro atoms. The number of carbonyl (C=O) groups excluding carboxylic acids is 1. The summed E-state index contributed by atoms with van der Waals surface area (Å²) in [5.41, 5.74) is 3.01. The van der Waals surface area contributed by atoms with Crippen LogP contribution in [0.2, 0.25) is 0 Å². The molecule has 0 aliphatic heterocycles. The predicted molar refractivity (Wildman–Crippen MR) is 107 cm³/mol. The van der Waals surface area contributed by atoms with E-state index < -0.39 is 0 Å². The van der Waals surface area contributed by atoms with Crippen LogP contribution >= 0.6 is 0 Å². The number of nitrogens with one attached hydrogen (secondary N) is 2. The first-order valence-corrected chi connectivity index (χ1v) is 8.98. The van der Waals surface area contributed by atoms with Crippen LogP contribution in [0.3, 0.4) is 0 Å². The number of hydrogen-bond acceptors (Lipinski definition) is 3. The van der Waals surface area contributed by atoms with Crippen molar-refractivity contribution in [2.45, 2.75) is 19.4 Å². The van der Waals surface area contributed by atoms with Crippen molar-refractivity contribution in [2.24, 2.45) is 0 Å². The molecule has 5 heteroatoms. The number of aryl methyl sites for hydroxylation is 1. The van der Waals surface area contributed by atoms with Crippen LogP contribution in [0.5, 0.6) is 5.75 Å². The van der Waals surface area contributed by atoms with Crippen LogP contribution in [0.25, 0.3) is 21.8 Å². The van der Waals surface area contributed by atoms with E-state index in [0.717, 1.165) is 38.9 Å². The summed E-state index contributed by atoms with van der Waals surface area (Å²) in [4.78, 5) is 19.9. The number of benzene rings is 3. The number of aromatic nitrogens is 2. The minimum Gasteiger partial charge on any atom is -0.497 e. The van der Waals surface area contributed by atoms with Crippen LogP contribution in [-0.2, 0) is 17.8 Å². The SMILES string of the molecule is COc1ccc2cc(CNC(=O)CCc3nc4ccccc4[nH]3)ccc2c1. The van der Waals surface area contributed by atoms with Crippen LogP contribution < -0.4 is 10.1 Å². The number of H-pyrrole nitrogens is 1. The van der Waals surface area contributed by atoms with Crippen molar-refractivity contribution < 1.29 is 9.53 Å². The highest BCUT2D eigenvalue weighted by atomic mass is 16.5. The van der Waals surface area contributed by atoms with Crippen LogP contribution in [0.1, 0.15) is 17.8 Å². The number of hydrogen-bond donors (Lipinski definition) is 2. The van der Waals surface area contributed by atoms with Crippen molar-refractivity contribution in [1.82, 2.24) is 15.3 Å². The zero-order chi connectivity index (χ0) is 18.6. The van der Waals surface area contributed by atoms with Crippen molar-refractivity contribution >= 4 is 27.7 Å². The van der Waals surface area contributed by atoms with E-state index in [9.17, 15) is 4.79 Å². The van der Waals surface area contributed by atoms with Gasteiger partial charge >= 0.3 is 0 Å². The van der Waals surface area contributed by atoms with Crippen molar-refractivity contribution in [3.8, 4) is 5.75 Å². The monoisotopic (exact) mass is 359 g/mol. The quantitative estimate of drug-likeness (QED) is 0.547. The fourth-order valence-corrected chi connectivity index (χ4v) is 3.16. The van der Waals surface area contributed by atoms with Gasteiger partial charge in [0.1, 0.15) is 11.6 Å². The number of methoxy groups -OCH3 is 1. The first kappa shape index (κ1) is 17.1. The second-order valence-electron chi connectivity index (χ2n) is 6.52. The third-order valence-corrected chi connectivity index (χ3v) is 4.63. The molecule has 1 aromatic heterocycles. The molecule has 0 saturated carbocycles. The average molecular weight is 359 g/mol. The van der Waals surface area contributed by atoms with Gasteiger partial charge in [0.25, 0.3) is 0 Å². The molecule has 0 aliphatic carbocycles. The third kappa shape index (κ3) is 3.92. The molecule has 0 aliphatic rings. The molecule has 0 atom stereocenters. The lowest BCUT2D eigenvalue weighted by atomic mass is 10.1. The lowest BCUT2D eigenvalue weighted by molar-refractivity contribution is -0.121. The summed E-state index contributed by atoms with van der Waals surface area (Å²) in [6, 6.07) is 20.0. The van der Waals surface area contributed by atoms with Gasteiger partial charge < -0.3 is 15.0 Å². The molecule has 0 radical (unpaired) electrons. The van der Waals surface area contributed by atoms with Gasteiger partial charge in [-0.1, -0.05) is 30.3 Å². The fraction of sp³-hybridized carbons (Fsp3) is 0.182. The zero-order valence-corrected chi connectivity index (χ0v) is 15.2. The highest BCUT2D eigenvalue weighted by Crippen LogP contribution is 2.21. The molecule has 0 bridgehead atoms. The number of aromatic amines is 1. The van der Waals surface area contributed by atoms with Gasteiger partial charge in [0.2, 0.25) is 5.91 Å². The van der Waals surface area contributed by atoms with E-state index in [1.165, 1.54) is 0 Å². The van der Waals surface area contributed by atoms with Crippen LogP contribution in [0, 0.1) is 0 Å². The van der Waals surface area contributed by atoms with Gasteiger partial charge in [0.05, 0.1) is 18.1 Å². The summed E-state index contributed by atoms with van der Waals surface area (Å²) < 4.78 is 5.25. The Kier molecular flexibility index (Phi) is 4.75. The van der Waals surface area contributed by atoms with Gasteiger partial charge in [-0.25, -0.2) is 4.98 Å². The van der Waals surface area contributed by atoms with E-state index in [-0.39, 0.29) is 5.91 Å². The van der Waals surface area contributed by atoms with Gasteiger partial charge in [0, 0.05) is 19.4 Å². The fourth-order valence-electron chi connectivity index (χ4n) is 3.16. The molecule has 5 nitrogen and oxygen atoms in total. The molecule has 0 fully saturated rings. The first-order chi connectivity index (χ1) is 13.2. The number of imidazole rings is 1. The van der Waals surface area contributed by atoms with Gasteiger partial charge in [-0.3, -0.25) is 4.79 Å². The Labute approximate surface area is 157 Å². The van der Waals surface area contributed by atoms with E-state index in [4.69, 9.17) is 4.74 Å². The standard InChI is InChI=1S/C22H21N3O2/c1-27-18-9-8-16-12-15(6-7-17(16)13-18)14-23-22(26)11-10-21-24-19-4-2-3-5-20(19)25-21/h2-9,12-13H,10-11,14H2,1H3,(H,23,26)(H,24,25). The Morgan fingerprint density at radius 1 is 1.07 bits per heavy atom. The van der Waals surface area contributed by atoms with E-state index in [1.54, 1.807) is 7.11 Å². The maximum atomic E-state index is 12.2. The summed E-state index contributed by atoms with van der Waals surface area (Å²) in [7, 11) is 1.66. The molecule has 136 valence electrons. The lowest BCUT2D eigenvalue weighted by Gasteiger charge is -2.07. The molecule has 0 unspecified atom stereocenters. The molecule has 4 rings (SSSR count). The van der Waals surface area contributed by atoms with Crippen molar-refractivity contribution in [2.75, 3.05) is 7.11 Å². The molecule has 27 heavy (non-hydrogen) atoms. The van der Waals surface area contributed by atoms with Crippen molar-refractivity contribution in [1.29, 1.82) is 0 Å². The minimum absolute atomic E-state index is 0.0188. The van der Waals surface area contributed by atoms with E-state index in [0.29, 0.717) is 19.4 Å². The second-order valence-corrected chi connectivity index (χ2v) is 6.52. The van der Waals surface area contributed by atoms with Gasteiger partial charge in [-0.05, 0) is 46.7 Å². The Hall–Kier alpha value is -3.34. The summed E-state index contributed by atoms with van der Waals surface area (Å²) >= 11 is 0. The Morgan fingerprint density at radius 3 is 2.74 bits per heavy atom. The molecular formula is C22H21N3O2. The average Bonchev–Trinajstić information content (AvgIpc) is 3.13. The molecular weight excluding hydrogens is 338 g/mol. The van der Waals surface area contributed by atoms with Crippen LogP contribution in [-0.4, -0.2) is 23.0 Å². The topological polar surface area (TPSA) is 67.0 Å². The summed E-state index contributed by atoms with van der Waals surface area (Å²) in [5, 5.41) is 5.23. The van der Waals surface area contributed by atoms with E-state index in [1.807, 2.05) is 54.6 Å². The number of carbonyl (C=O) groups is 1. The number of rotatable bonds is 6. The summed E-state index contributed by atoms with van der Waals surface area (Å²) in [6.45, 7) is 0.515. The van der Waals surface area contributed by atoms with Gasteiger partial charge in [-0.15, -0.1) is 0 Å². The van der Waals surface area contributed by atoms with Crippen molar-refractivity contribution in [3.63, 3.8) is 0 Å². The highest BCUT2D eigenvalue weighted by molar-refractivity contribution is 5.84. The predicted octanol–water partition coefficient (Wildman–Crippen LogP) is 3.97. The molecule has 2 N–H and O–H groups in total. The lowest BCUT2D eigenvalue weighted by Crippen LogP contribution is -2.23. The zero-order valence-electron chi connectivity index (χ0n) is 15.2. The number of para-hydroxylation sites is 2. The van der Waals surface area contributed by atoms with Crippen LogP contribution in [0.4, 0.5) is 0 Å². The van der Waals surface area contributed by atoms with Gasteiger partial charge in [0.15, 0.2) is 0 Å². The number of ether oxygens (including phenoxy) is 1. The maximum absolute atomic E-state index is 12.2. The smallest absolute Gasteiger partial charge is 0.220 e. The maximum Gasteiger partial charge on any atom is 0.220 e. The molecule has 0 saturated heterocycles. The number of nitrogens with zero attached hydrogens (tertiary/aromatic N) is 1. The summed E-state index contributed by atoms with van der Waals surface area (Å²) in [6.07, 6.45) is 1.00. The van der Waals surface area contributed by atoms with E-state index >= 15 is 0 Å². The van der Waals surface area contributed by atoms with Crippen LogP contribution in [0.15, 0.2) is 60.7 Å². The Balaban J connectivity index is 1.33. The highest BCUT2D eigenvalue weighted by Gasteiger charge is 2.07. The minimum atomic E-state index is 0.0188. The molecule has 1 amide bonds. The van der Waals surface area contributed by atoms with E-state index in [2.05, 4.69) is 21.4 Å². The molecule has 3 aromatic carbocycles. The molecule has 4 aromatic rings.